The maximum atomic E-state index is 13.9. The SMILES string of the molecule is O=C(CSc1nc2ccccc2c(=O)n1Cc1ccc(C(=O)NC2CC2)cc1)Nc1ccc(F)cc1F. The number of carbonyl (C=O) groups excluding carboxylic acids is 2. The number of carbonyl (C=O) groups is 2. The molecule has 1 aliphatic rings. The third kappa shape index (κ3) is 5.86. The van der Waals surface area contributed by atoms with Crippen LogP contribution in [0.25, 0.3) is 10.9 Å². The lowest BCUT2D eigenvalue weighted by molar-refractivity contribution is -0.113. The van der Waals surface area contributed by atoms with Crippen molar-refractivity contribution < 1.29 is 18.4 Å². The topological polar surface area (TPSA) is 93.1 Å². The van der Waals surface area contributed by atoms with Crippen molar-refractivity contribution in [2.24, 2.45) is 0 Å². The lowest BCUT2D eigenvalue weighted by Gasteiger charge is -2.14. The fraction of sp³-hybridized carbons (Fsp3) is 0.185. The molecule has 188 valence electrons. The van der Waals surface area contributed by atoms with Crippen molar-refractivity contribution in [2.45, 2.75) is 30.6 Å². The Morgan fingerprint density at radius 3 is 2.51 bits per heavy atom. The minimum atomic E-state index is -0.881. The number of nitrogens with one attached hydrogen (secondary N) is 2. The average molecular weight is 521 g/mol. The van der Waals surface area contributed by atoms with Gasteiger partial charge in [-0.15, -0.1) is 0 Å². The first kappa shape index (κ1) is 24.6. The number of anilines is 1. The summed E-state index contributed by atoms with van der Waals surface area (Å²) in [5, 5.41) is 6.10. The number of para-hydroxylation sites is 1. The molecule has 1 saturated carbocycles. The number of fused-ring (bicyclic) bond motifs is 1. The molecule has 1 fully saturated rings. The highest BCUT2D eigenvalue weighted by molar-refractivity contribution is 7.99. The molecule has 0 spiro atoms. The summed E-state index contributed by atoms with van der Waals surface area (Å²) in [7, 11) is 0. The summed E-state index contributed by atoms with van der Waals surface area (Å²) in [6.07, 6.45) is 2.00. The molecule has 0 bridgehead atoms. The van der Waals surface area contributed by atoms with Gasteiger partial charge in [-0.05, 0) is 54.8 Å². The van der Waals surface area contributed by atoms with E-state index in [0.717, 1.165) is 42.3 Å². The van der Waals surface area contributed by atoms with Crippen molar-refractivity contribution in [1.82, 2.24) is 14.9 Å². The van der Waals surface area contributed by atoms with E-state index in [1.54, 1.807) is 48.5 Å². The van der Waals surface area contributed by atoms with Gasteiger partial charge in [-0.25, -0.2) is 13.8 Å². The van der Waals surface area contributed by atoms with Gasteiger partial charge in [-0.3, -0.25) is 19.0 Å². The molecular formula is C27H22F2N4O3S. The van der Waals surface area contributed by atoms with Crippen LogP contribution in [0, 0.1) is 11.6 Å². The average Bonchev–Trinajstić information content (AvgIpc) is 3.71. The number of rotatable bonds is 8. The lowest BCUT2D eigenvalue weighted by Crippen LogP contribution is -2.26. The normalized spacial score (nSPS) is 12.9. The van der Waals surface area contributed by atoms with Gasteiger partial charge < -0.3 is 10.6 Å². The van der Waals surface area contributed by atoms with E-state index in [4.69, 9.17) is 0 Å². The van der Waals surface area contributed by atoms with E-state index in [1.165, 1.54) is 4.57 Å². The van der Waals surface area contributed by atoms with Gasteiger partial charge in [0.05, 0.1) is 28.9 Å². The quantitative estimate of drug-likeness (QED) is 0.266. The smallest absolute Gasteiger partial charge is 0.262 e. The van der Waals surface area contributed by atoms with Crippen molar-refractivity contribution in [2.75, 3.05) is 11.1 Å². The Bertz CT molecular complexity index is 1550. The maximum absolute atomic E-state index is 13.9. The van der Waals surface area contributed by atoms with Gasteiger partial charge in [0.15, 0.2) is 5.16 Å². The fourth-order valence-electron chi connectivity index (χ4n) is 3.75. The van der Waals surface area contributed by atoms with E-state index in [2.05, 4.69) is 15.6 Å². The van der Waals surface area contributed by atoms with Gasteiger partial charge in [-0.1, -0.05) is 36.0 Å². The second kappa shape index (κ2) is 10.5. The highest BCUT2D eigenvalue weighted by Gasteiger charge is 2.23. The molecule has 1 heterocycles. The van der Waals surface area contributed by atoms with Crippen LogP contribution in [-0.2, 0) is 11.3 Å². The van der Waals surface area contributed by atoms with Crippen LogP contribution in [-0.4, -0.2) is 33.2 Å². The Morgan fingerprint density at radius 1 is 1.03 bits per heavy atom. The van der Waals surface area contributed by atoms with Gasteiger partial charge >= 0.3 is 0 Å². The van der Waals surface area contributed by atoms with Crippen LogP contribution in [0.4, 0.5) is 14.5 Å². The zero-order valence-corrected chi connectivity index (χ0v) is 20.4. The predicted octanol–water partition coefficient (Wildman–Crippen LogP) is 4.35. The molecular weight excluding hydrogens is 498 g/mol. The molecule has 0 atom stereocenters. The number of aromatic nitrogens is 2. The molecule has 1 aliphatic carbocycles. The van der Waals surface area contributed by atoms with Crippen molar-refractivity contribution in [3.05, 3.63) is 99.8 Å². The molecule has 10 heteroatoms. The predicted molar refractivity (Wildman–Crippen MR) is 138 cm³/mol. The van der Waals surface area contributed by atoms with Gasteiger partial charge in [-0.2, -0.15) is 0 Å². The van der Waals surface area contributed by atoms with Crippen LogP contribution in [0.3, 0.4) is 0 Å². The number of hydrogen-bond donors (Lipinski definition) is 2. The van der Waals surface area contributed by atoms with Crippen LogP contribution < -0.4 is 16.2 Å². The summed E-state index contributed by atoms with van der Waals surface area (Å²) < 4.78 is 28.5. The number of nitrogens with zero attached hydrogens (tertiary/aromatic N) is 2. The fourth-order valence-corrected chi connectivity index (χ4v) is 4.54. The Balaban J connectivity index is 1.36. The molecule has 3 aromatic carbocycles. The van der Waals surface area contributed by atoms with E-state index in [0.29, 0.717) is 27.7 Å². The molecule has 37 heavy (non-hydrogen) atoms. The van der Waals surface area contributed by atoms with Gasteiger partial charge in [0.1, 0.15) is 11.6 Å². The van der Waals surface area contributed by atoms with Crippen LogP contribution in [0.1, 0.15) is 28.8 Å². The van der Waals surface area contributed by atoms with E-state index >= 15 is 0 Å². The van der Waals surface area contributed by atoms with Gasteiger partial charge in [0.25, 0.3) is 11.5 Å². The molecule has 4 aromatic rings. The molecule has 2 amide bonds. The maximum Gasteiger partial charge on any atom is 0.262 e. The second-order valence-electron chi connectivity index (χ2n) is 8.71. The Labute approximate surface area is 214 Å². The molecule has 7 nitrogen and oxygen atoms in total. The third-order valence-electron chi connectivity index (χ3n) is 5.83. The van der Waals surface area contributed by atoms with E-state index in [9.17, 15) is 23.2 Å². The largest absolute Gasteiger partial charge is 0.349 e. The Kier molecular flexibility index (Phi) is 7.00. The van der Waals surface area contributed by atoms with Crippen molar-refractivity contribution in [3.8, 4) is 0 Å². The van der Waals surface area contributed by atoms with E-state index in [-0.39, 0.29) is 35.5 Å². The summed E-state index contributed by atoms with van der Waals surface area (Å²) >= 11 is 1.03. The number of amides is 2. The van der Waals surface area contributed by atoms with Crippen LogP contribution in [0.5, 0.6) is 0 Å². The number of thioether (sulfide) groups is 1. The zero-order valence-electron chi connectivity index (χ0n) is 19.5. The number of halogens is 2. The van der Waals surface area contributed by atoms with Crippen LogP contribution in [0.2, 0.25) is 0 Å². The summed E-state index contributed by atoms with van der Waals surface area (Å²) in [4.78, 5) is 42.7. The molecule has 1 aromatic heterocycles. The van der Waals surface area contributed by atoms with E-state index < -0.39 is 17.5 Å². The van der Waals surface area contributed by atoms with Crippen molar-refractivity contribution >= 4 is 40.2 Å². The molecule has 5 rings (SSSR count). The minimum absolute atomic E-state index is 0.126. The molecule has 0 radical (unpaired) electrons. The van der Waals surface area contributed by atoms with Gasteiger partial charge in [0.2, 0.25) is 5.91 Å². The summed E-state index contributed by atoms with van der Waals surface area (Å²) in [5.41, 5.74) is 1.40. The van der Waals surface area contributed by atoms with Crippen molar-refractivity contribution in [1.29, 1.82) is 0 Å². The summed E-state index contributed by atoms with van der Waals surface area (Å²) in [6.45, 7) is 0.178. The second-order valence-corrected chi connectivity index (χ2v) is 9.65. The van der Waals surface area contributed by atoms with Gasteiger partial charge in [0, 0.05) is 17.7 Å². The minimum Gasteiger partial charge on any atom is -0.349 e. The van der Waals surface area contributed by atoms with Crippen LogP contribution in [0.15, 0.2) is 76.7 Å². The highest BCUT2D eigenvalue weighted by Crippen LogP contribution is 2.22. The first-order valence-corrected chi connectivity index (χ1v) is 12.6. The third-order valence-corrected chi connectivity index (χ3v) is 6.81. The number of hydrogen-bond acceptors (Lipinski definition) is 5. The summed E-state index contributed by atoms with van der Waals surface area (Å²) in [5.74, 6) is -2.44. The zero-order chi connectivity index (χ0) is 25.9. The van der Waals surface area contributed by atoms with Crippen LogP contribution >= 0.6 is 11.8 Å². The lowest BCUT2D eigenvalue weighted by atomic mass is 10.1. The molecule has 2 N–H and O–H groups in total. The first-order chi connectivity index (χ1) is 17.9. The standard InChI is InChI=1S/C27H22F2N4O3S/c28-18-9-12-23(21(29)13-18)31-24(34)15-37-27-32-22-4-2-1-3-20(22)26(36)33(27)14-16-5-7-17(8-6-16)25(35)30-19-10-11-19/h1-9,12-13,19H,10-11,14-15H2,(H,30,35)(H,31,34). The Morgan fingerprint density at radius 2 is 1.78 bits per heavy atom. The monoisotopic (exact) mass is 520 g/mol. The van der Waals surface area contributed by atoms with Crippen molar-refractivity contribution in [3.63, 3.8) is 0 Å². The molecule has 0 aliphatic heterocycles. The first-order valence-electron chi connectivity index (χ1n) is 11.6. The highest BCUT2D eigenvalue weighted by atomic mass is 32.2. The molecule has 0 unspecified atom stereocenters. The summed E-state index contributed by atoms with van der Waals surface area (Å²) in [6, 6.07) is 17.0. The Hall–Kier alpha value is -4.05. The number of benzene rings is 3. The molecule has 0 saturated heterocycles. The van der Waals surface area contributed by atoms with E-state index in [1.807, 2.05) is 0 Å².